The topological polar surface area (TPSA) is 46.5 Å². The molecule has 16 heavy (non-hydrogen) atoms. The standard InChI is InChI=1S/C12H15BrO3/c1-7(2)4-8-5-9(12(14)15)11(16-3)10(13)6-8/h5-7H,4H2,1-3H3,(H,14,15). The number of carboxylic acids is 1. The van der Waals surface area contributed by atoms with Crippen molar-refractivity contribution in [2.75, 3.05) is 7.11 Å². The Kier molecular flexibility index (Phi) is 4.35. The zero-order chi connectivity index (χ0) is 12.3. The van der Waals surface area contributed by atoms with Crippen LogP contribution in [-0.2, 0) is 6.42 Å². The van der Waals surface area contributed by atoms with Gasteiger partial charge in [0.15, 0.2) is 0 Å². The van der Waals surface area contributed by atoms with E-state index >= 15 is 0 Å². The summed E-state index contributed by atoms with van der Waals surface area (Å²) in [6, 6.07) is 3.58. The van der Waals surface area contributed by atoms with Crippen LogP contribution in [0.4, 0.5) is 0 Å². The second-order valence-electron chi connectivity index (χ2n) is 4.06. The van der Waals surface area contributed by atoms with Crippen LogP contribution in [0.2, 0.25) is 0 Å². The van der Waals surface area contributed by atoms with Crippen LogP contribution in [0, 0.1) is 5.92 Å². The molecule has 1 aromatic carbocycles. The molecule has 0 atom stereocenters. The molecule has 4 heteroatoms. The lowest BCUT2D eigenvalue weighted by Gasteiger charge is -2.11. The fourth-order valence-corrected chi connectivity index (χ4v) is 2.27. The highest BCUT2D eigenvalue weighted by atomic mass is 79.9. The maximum atomic E-state index is 11.1. The zero-order valence-corrected chi connectivity index (χ0v) is 11.2. The fraction of sp³-hybridized carbons (Fsp3) is 0.417. The minimum Gasteiger partial charge on any atom is -0.495 e. The quantitative estimate of drug-likeness (QED) is 0.923. The molecule has 0 aromatic heterocycles. The number of aromatic carboxylic acids is 1. The van der Waals surface area contributed by atoms with Crippen LogP contribution >= 0.6 is 15.9 Å². The van der Waals surface area contributed by atoms with E-state index in [2.05, 4.69) is 29.8 Å². The van der Waals surface area contributed by atoms with Gasteiger partial charge < -0.3 is 9.84 Å². The van der Waals surface area contributed by atoms with E-state index in [1.165, 1.54) is 7.11 Å². The highest BCUT2D eigenvalue weighted by Gasteiger charge is 2.16. The molecule has 0 amide bonds. The normalized spacial score (nSPS) is 10.6. The zero-order valence-electron chi connectivity index (χ0n) is 9.58. The predicted molar refractivity (Wildman–Crippen MR) is 66.2 cm³/mol. The number of hydrogen-bond acceptors (Lipinski definition) is 2. The van der Waals surface area contributed by atoms with E-state index in [0.717, 1.165) is 12.0 Å². The van der Waals surface area contributed by atoms with Gasteiger partial charge >= 0.3 is 5.97 Å². The first-order valence-electron chi connectivity index (χ1n) is 5.05. The Morgan fingerprint density at radius 2 is 2.12 bits per heavy atom. The number of benzene rings is 1. The summed E-state index contributed by atoms with van der Waals surface area (Å²) in [7, 11) is 1.47. The fourth-order valence-electron chi connectivity index (χ4n) is 1.61. The number of carbonyl (C=O) groups is 1. The van der Waals surface area contributed by atoms with Gasteiger partial charge in [-0.25, -0.2) is 4.79 Å². The van der Waals surface area contributed by atoms with Gasteiger partial charge in [-0.2, -0.15) is 0 Å². The molecule has 0 aliphatic heterocycles. The van der Waals surface area contributed by atoms with E-state index < -0.39 is 5.97 Å². The molecule has 0 aliphatic rings. The monoisotopic (exact) mass is 286 g/mol. The minimum atomic E-state index is -0.969. The summed E-state index contributed by atoms with van der Waals surface area (Å²) < 4.78 is 5.76. The van der Waals surface area contributed by atoms with Crippen molar-refractivity contribution in [3.8, 4) is 5.75 Å². The van der Waals surface area contributed by atoms with Gasteiger partial charge in [-0.05, 0) is 46.0 Å². The van der Waals surface area contributed by atoms with Crippen LogP contribution in [0.15, 0.2) is 16.6 Å². The Balaban J connectivity index is 3.22. The smallest absolute Gasteiger partial charge is 0.339 e. The lowest BCUT2D eigenvalue weighted by atomic mass is 10.0. The molecular weight excluding hydrogens is 272 g/mol. The van der Waals surface area contributed by atoms with E-state index in [-0.39, 0.29) is 5.56 Å². The summed E-state index contributed by atoms with van der Waals surface area (Å²) in [6.07, 6.45) is 0.850. The molecule has 0 spiro atoms. The van der Waals surface area contributed by atoms with Gasteiger partial charge in [0.05, 0.1) is 11.6 Å². The predicted octanol–water partition coefficient (Wildman–Crippen LogP) is 3.35. The van der Waals surface area contributed by atoms with Crippen molar-refractivity contribution in [3.63, 3.8) is 0 Å². The molecule has 1 aromatic rings. The highest BCUT2D eigenvalue weighted by molar-refractivity contribution is 9.10. The van der Waals surface area contributed by atoms with Gasteiger partial charge in [-0.3, -0.25) is 0 Å². The number of rotatable bonds is 4. The Labute approximate surface area is 104 Å². The first kappa shape index (κ1) is 13.0. The summed E-state index contributed by atoms with van der Waals surface area (Å²) in [4.78, 5) is 11.1. The molecule has 1 rings (SSSR count). The average Bonchev–Trinajstić information content (AvgIpc) is 2.15. The number of carboxylic acid groups (broad SMARTS) is 1. The van der Waals surface area contributed by atoms with E-state index in [9.17, 15) is 4.79 Å². The second kappa shape index (κ2) is 5.34. The van der Waals surface area contributed by atoms with Crippen LogP contribution in [0.25, 0.3) is 0 Å². The molecule has 88 valence electrons. The molecule has 0 aliphatic carbocycles. The number of hydrogen-bond donors (Lipinski definition) is 1. The van der Waals surface area contributed by atoms with Crippen molar-refractivity contribution < 1.29 is 14.6 Å². The van der Waals surface area contributed by atoms with Crippen molar-refractivity contribution >= 4 is 21.9 Å². The Morgan fingerprint density at radius 3 is 2.56 bits per heavy atom. The molecule has 0 saturated carbocycles. The molecule has 3 nitrogen and oxygen atoms in total. The molecule has 0 unspecified atom stereocenters. The molecular formula is C12H15BrO3. The molecule has 0 fully saturated rings. The number of ether oxygens (including phenoxy) is 1. The van der Waals surface area contributed by atoms with E-state index in [0.29, 0.717) is 16.1 Å². The van der Waals surface area contributed by atoms with E-state index in [1.54, 1.807) is 6.07 Å². The summed E-state index contributed by atoms with van der Waals surface area (Å²) in [5.74, 6) is -0.106. The highest BCUT2D eigenvalue weighted by Crippen LogP contribution is 2.31. The minimum absolute atomic E-state index is 0.201. The van der Waals surface area contributed by atoms with Crippen LogP contribution in [0.5, 0.6) is 5.75 Å². The third-order valence-electron chi connectivity index (χ3n) is 2.18. The lowest BCUT2D eigenvalue weighted by Crippen LogP contribution is -2.04. The molecule has 0 bridgehead atoms. The van der Waals surface area contributed by atoms with Gasteiger partial charge in [-0.1, -0.05) is 13.8 Å². The van der Waals surface area contributed by atoms with Gasteiger partial charge in [0.2, 0.25) is 0 Å². The second-order valence-corrected chi connectivity index (χ2v) is 4.92. The summed E-state index contributed by atoms with van der Waals surface area (Å²) in [5.41, 5.74) is 1.20. The molecule has 0 radical (unpaired) electrons. The summed E-state index contributed by atoms with van der Waals surface area (Å²) in [5, 5.41) is 9.08. The maximum Gasteiger partial charge on any atom is 0.339 e. The Morgan fingerprint density at radius 1 is 1.50 bits per heavy atom. The van der Waals surface area contributed by atoms with Crippen molar-refractivity contribution in [2.45, 2.75) is 20.3 Å². The lowest BCUT2D eigenvalue weighted by molar-refractivity contribution is 0.0693. The first-order chi connectivity index (χ1) is 7.45. The van der Waals surface area contributed by atoms with Gasteiger partial charge in [0.25, 0.3) is 0 Å². The van der Waals surface area contributed by atoms with E-state index in [4.69, 9.17) is 9.84 Å². The van der Waals surface area contributed by atoms with Crippen molar-refractivity contribution in [3.05, 3.63) is 27.7 Å². The molecule has 0 saturated heterocycles. The van der Waals surface area contributed by atoms with Gasteiger partial charge in [-0.15, -0.1) is 0 Å². The Hall–Kier alpha value is -1.03. The Bertz CT molecular complexity index is 399. The molecule has 0 heterocycles. The first-order valence-corrected chi connectivity index (χ1v) is 5.84. The summed E-state index contributed by atoms with van der Waals surface area (Å²) in [6.45, 7) is 4.19. The average molecular weight is 287 g/mol. The van der Waals surface area contributed by atoms with Crippen molar-refractivity contribution in [1.29, 1.82) is 0 Å². The van der Waals surface area contributed by atoms with Crippen LogP contribution < -0.4 is 4.74 Å². The van der Waals surface area contributed by atoms with Crippen LogP contribution in [0.1, 0.15) is 29.8 Å². The van der Waals surface area contributed by atoms with Gasteiger partial charge in [0.1, 0.15) is 11.3 Å². The maximum absolute atomic E-state index is 11.1. The third kappa shape index (κ3) is 2.98. The largest absolute Gasteiger partial charge is 0.495 e. The number of methoxy groups -OCH3 is 1. The van der Waals surface area contributed by atoms with Crippen molar-refractivity contribution in [2.24, 2.45) is 5.92 Å². The van der Waals surface area contributed by atoms with Crippen LogP contribution in [-0.4, -0.2) is 18.2 Å². The third-order valence-corrected chi connectivity index (χ3v) is 2.77. The van der Waals surface area contributed by atoms with E-state index in [1.807, 2.05) is 6.07 Å². The van der Waals surface area contributed by atoms with Crippen molar-refractivity contribution in [1.82, 2.24) is 0 Å². The van der Waals surface area contributed by atoms with Gasteiger partial charge in [0, 0.05) is 0 Å². The number of halogens is 1. The SMILES string of the molecule is COc1c(Br)cc(CC(C)C)cc1C(=O)O. The van der Waals surface area contributed by atoms with Crippen LogP contribution in [0.3, 0.4) is 0 Å². The molecule has 1 N–H and O–H groups in total. The summed E-state index contributed by atoms with van der Waals surface area (Å²) >= 11 is 3.33.